The molecule has 0 radical (unpaired) electrons. The van der Waals surface area contributed by atoms with Crippen LogP contribution in [0.5, 0.6) is 11.5 Å². The van der Waals surface area contributed by atoms with Crippen LogP contribution >= 0.6 is 15.9 Å². The van der Waals surface area contributed by atoms with E-state index >= 15 is 0 Å². The molecule has 1 aliphatic rings. The maximum absolute atomic E-state index is 13.4. The Kier molecular flexibility index (Phi) is 5.83. The number of hydrogen-bond donors (Lipinski definition) is 4. The number of hydrogen-bond acceptors (Lipinski definition) is 7. The Bertz CT molecular complexity index is 1210. The minimum absolute atomic E-state index is 0.00951. The molecule has 0 saturated carbocycles. The van der Waals surface area contributed by atoms with E-state index in [1.165, 1.54) is 0 Å². The fraction of sp³-hybridized carbons (Fsp3) is 0.348. The fourth-order valence-corrected chi connectivity index (χ4v) is 4.93. The van der Waals surface area contributed by atoms with E-state index in [4.69, 9.17) is 4.42 Å². The topological polar surface area (TPSA) is 114 Å². The van der Waals surface area contributed by atoms with Gasteiger partial charge < -0.3 is 29.7 Å². The number of phenolic OH excluding ortho intramolecular Hbond substituents is 2. The van der Waals surface area contributed by atoms with Gasteiger partial charge in [0.05, 0.1) is 11.7 Å². The van der Waals surface area contributed by atoms with Gasteiger partial charge in [-0.25, -0.2) is 0 Å². The van der Waals surface area contributed by atoms with Crippen molar-refractivity contribution in [2.45, 2.75) is 31.5 Å². The summed E-state index contributed by atoms with van der Waals surface area (Å²) in [5.41, 5.74) is 0.257. The summed E-state index contributed by atoms with van der Waals surface area (Å²) in [6.07, 6.45) is -1.50. The second kappa shape index (κ2) is 8.27. The molecule has 31 heavy (non-hydrogen) atoms. The van der Waals surface area contributed by atoms with Crippen molar-refractivity contribution in [3.63, 3.8) is 0 Å². The van der Waals surface area contributed by atoms with Crippen molar-refractivity contribution in [3.05, 3.63) is 67.5 Å². The highest BCUT2D eigenvalue weighted by atomic mass is 79.9. The molecule has 0 bridgehead atoms. The molecular weight excluding hydrogens is 466 g/mol. The molecule has 8 heteroatoms. The van der Waals surface area contributed by atoms with Crippen LogP contribution in [-0.4, -0.2) is 51.6 Å². The van der Waals surface area contributed by atoms with Crippen molar-refractivity contribution >= 4 is 26.9 Å². The number of aryl methyl sites for hydroxylation is 1. The third-order valence-electron chi connectivity index (χ3n) is 6.01. The first-order valence-electron chi connectivity index (χ1n) is 10.0. The van der Waals surface area contributed by atoms with Crippen LogP contribution in [0.15, 0.2) is 44.0 Å². The number of rotatable bonds is 3. The average molecular weight is 490 g/mol. The number of piperidine rings is 1. The summed E-state index contributed by atoms with van der Waals surface area (Å²) in [5.74, 6) is -0.955. The predicted molar refractivity (Wildman–Crippen MR) is 120 cm³/mol. The number of nitrogens with zero attached hydrogens (tertiary/aromatic N) is 1. The molecule has 1 aliphatic heterocycles. The average Bonchev–Trinajstić information content (AvgIpc) is 2.69. The Morgan fingerprint density at radius 1 is 1.23 bits per heavy atom. The molecule has 164 valence electrons. The summed E-state index contributed by atoms with van der Waals surface area (Å²) < 4.78 is 6.59. The molecule has 0 amide bonds. The third kappa shape index (κ3) is 3.74. The van der Waals surface area contributed by atoms with E-state index in [1.54, 1.807) is 31.2 Å². The molecule has 3 aromatic rings. The maximum atomic E-state index is 13.4. The molecule has 1 saturated heterocycles. The number of aromatic hydroxyl groups is 2. The van der Waals surface area contributed by atoms with Gasteiger partial charge in [-0.15, -0.1) is 0 Å². The molecule has 0 spiro atoms. The van der Waals surface area contributed by atoms with Crippen molar-refractivity contribution in [1.29, 1.82) is 0 Å². The number of β-amino-alcohol motifs (C(OH)–C–C–N with tert-alkyl or cyclic N) is 1. The second-order valence-electron chi connectivity index (χ2n) is 8.08. The number of benzene rings is 2. The van der Waals surface area contributed by atoms with E-state index in [1.807, 2.05) is 11.9 Å². The molecule has 7 nitrogen and oxygen atoms in total. The zero-order valence-corrected chi connectivity index (χ0v) is 18.8. The minimum atomic E-state index is -1.28. The van der Waals surface area contributed by atoms with E-state index in [2.05, 4.69) is 15.9 Å². The number of likely N-dealkylation sites (N-methyl/N-ethyl adjacent to an activating group) is 1. The number of aliphatic hydroxyl groups is 2. The minimum Gasteiger partial charge on any atom is -0.507 e. The van der Waals surface area contributed by atoms with Gasteiger partial charge in [0.1, 0.15) is 34.3 Å². The summed E-state index contributed by atoms with van der Waals surface area (Å²) in [6, 6.07) is 8.09. The van der Waals surface area contributed by atoms with Gasteiger partial charge in [0, 0.05) is 28.6 Å². The Labute approximate surface area is 187 Å². The smallest absolute Gasteiger partial charge is 0.202 e. The summed E-state index contributed by atoms with van der Waals surface area (Å²) in [7, 11) is 1.90. The summed E-state index contributed by atoms with van der Waals surface area (Å²) in [4.78, 5) is 15.4. The van der Waals surface area contributed by atoms with Crippen LogP contribution < -0.4 is 5.43 Å². The molecule has 2 heterocycles. The van der Waals surface area contributed by atoms with Crippen molar-refractivity contribution < 1.29 is 24.8 Å². The molecule has 4 N–H and O–H groups in total. The molecule has 0 aliphatic carbocycles. The van der Waals surface area contributed by atoms with E-state index in [-0.39, 0.29) is 28.0 Å². The van der Waals surface area contributed by atoms with Gasteiger partial charge in [0.25, 0.3) is 0 Å². The molecule has 1 fully saturated rings. The lowest BCUT2D eigenvalue weighted by Crippen LogP contribution is -2.40. The maximum Gasteiger partial charge on any atom is 0.202 e. The lowest BCUT2D eigenvalue weighted by atomic mass is 9.85. The highest BCUT2D eigenvalue weighted by Gasteiger charge is 2.34. The Morgan fingerprint density at radius 3 is 2.61 bits per heavy atom. The second-order valence-corrected chi connectivity index (χ2v) is 8.94. The van der Waals surface area contributed by atoms with Gasteiger partial charge >= 0.3 is 0 Å². The van der Waals surface area contributed by atoms with Crippen molar-refractivity contribution in [2.24, 2.45) is 0 Å². The first-order valence-corrected chi connectivity index (χ1v) is 10.8. The van der Waals surface area contributed by atoms with Crippen LogP contribution in [0.1, 0.15) is 40.9 Å². The van der Waals surface area contributed by atoms with E-state index in [9.17, 15) is 25.2 Å². The van der Waals surface area contributed by atoms with Crippen LogP contribution in [-0.2, 0) is 0 Å². The van der Waals surface area contributed by atoms with Gasteiger partial charge in [-0.05, 0) is 38.6 Å². The van der Waals surface area contributed by atoms with Gasteiger partial charge in [-0.1, -0.05) is 34.1 Å². The zero-order chi connectivity index (χ0) is 22.4. The molecular formula is C23H24BrNO6. The highest BCUT2D eigenvalue weighted by molar-refractivity contribution is 9.10. The first-order chi connectivity index (χ1) is 14.7. The highest BCUT2D eigenvalue weighted by Crippen LogP contribution is 2.42. The monoisotopic (exact) mass is 489 g/mol. The van der Waals surface area contributed by atoms with Crippen molar-refractivity contribution in [1.82, 2.24) is 4.90 Å². The summed E-state index contributed by atoms with van der Waals surface area (Å²) in [5, 5.41) is 42.6. The van der Waals surface area contributed by atoms with Crippen molar-refractivity contribution in [3.8, 4) is 11.5 Å². The molecule has 3 unspecified atom stereocenters. The SMILES string of the molecule is Cc1oc2c(C3CCN(C)CC3O)c(O)cc(O)c2c(=O)c1C(O)c1ccccc1Br. The third-order valence-corrected chi connectivity index (χ3v) is 6.73. The Hall–Kier alpha value is -2.39. The van der Waals surface area contributed by atoms with Crippen LogP contribution in [0.2, 0.25) is 0 Å². The first kappa shape index (κ1) is 21.8. The van der Waals surface area contributed by atoms with Crippen LogP contribution in [0.3, 0.4) is 0 Å². The summed E-state index contributed by atoms with van der Waals surface area (Å²) in [6.45, 7) is 2.67. The fourth-order valence-electron chi connectivity index (χ4n) is 4.43. The normalized spacial score (nSPS) is 20.8. The largest absolute Gasteiger partial charge is 0.507 e. The Balaban J connectivity index is 1.95. The Morgan fingerprint density at radius 2 is 1.94 bits per heavy atom. The molecule has 3 atom stereocenters. The number of likely N-dealkylation sites (tertiary alicyclic amines) is 1. The predicted octanol–water partition coefficient (Wildman–Crippen LogP) is 3.14. The van der Waals surface area contributed by atoms with Crippen LogP contribution in [0, 0.1) is 6.92 Å². The lowest BCUT2D eigenvalue weighted by molar-refractivity contribution is 0.0630. The van der Waals surface area contributed by atoms with Gasteiger partial charge in [0.2, 0.25) is 5.43 Å². The quantitative estimate of drug-likeness (QED) is 0.446. The van der Waals surface area contributed by atoms with Crippen molar-refractivity contribution in [2.75, 3.05) is 20.1 Å². The number of fused-ring (bicyclic) bond motifs is 1. The van der Waals surface area contributed by atoms with Crippen LogP contribution in [0.25, 0.3) is 11.0 Å². The molecule has 4 rings (SSSR count). The van der Waals surface area contributed by atoms with Crippen LogP contribution in [0.4, 0.5) is 0 Å². The van der Waals surface area contributed by atoms with E-state index in [0.29, 0.717) is 35.1 Å². The lowest BCUT2D eigenvalue weighted by Gasteiger charge is -2.34. The van der Waals surface area contributed by atoms with E-state index < -0.39 is 29.3 Å². The van der Waals surface area contributed by atoms with E-state index in [0.717, 1.165) is 6.07 Å². The number of halogens is 1. The van der Waals surface area contributed by atoms with Gasteiger partial charge in [-0.2, -0.15) is 0 Å². The standard InChI is InChI=1S/C23H24BrNO6/c1-11-18(21(29)12-5-3-4-6-14(12)24)22(30)20-16(27)9-15(26)19(23(20)31-11)13-7-8-25(2)10-17(13)28/h3-6,9,13,17,21,26-29H,7-8,10H2,1-2H3. The molecule has 2 aromatic carbocycles. The zero-order valence-electron chi connectivity index (χ0n) is 17.2. The van der Waals surface area contributed by atoms with Gasteiger partial charge in [0.15, 0.2) is 0 Å². The molecule has 1 aromatic heterocycles. The summed E-state index contributed by atoms with van der Waals surface area (Å²) >= 11 is 3.39. The van der Waals surface area contributed by atoms with Gasteiger partial charge in [-0.3, -0.25) is 4.79 Å². The number of phenols is 2. The number of aliphatic hydroxyl groups excluding tert-OH is 2.